The summed E-state index contributed by atoms with van der Waals surface area (Å²) >= 11 is 3.24. The number of aryl methyl sites for hydroxylation is 1. The first-order valence-electron chi connectivity index (χ1n) is 4.37. The third-order valence-electron chi connectivity index (χ3n) is 1.80. The molecule has 2 heterocycles. The lowest BCUT2D eigenvalue weighted by Gasteiger charge is -2.00. The Morgan fingerprint density at radius 3 is 2.75 bits per heavy atom. The zero-order chi connectivity index (χ0) is 11.5. The van der Waals surface area contributed by atoms with Gasteiger partial charge in [0.05, 0.1) is 10.2 Å². The molecule has 80 valence electrons. The number of rotatable bonds is 2. The highest BCUT2D eigenvalue weighted by atomic mass is 79.9. The predicted molar refractivity (Wildman–Crippen MR) is 60.9 cm³/mol. The summed E-state index contributed by atoms with van der Waals surface area (Å²) < 4.78 is 2.35. The van der Waals surface area contributed by atoms with Crippen molar-refractivity contribution in [3.05, 3.63) is 28.8 Å². The fraction of sp³-hybridized carbons (Fsp3) is 0.111. The van der Waals surface area contributed by atoms with E-state index in [0.717, 1.165) is 4.47 Å². The minimum absolute atomic E-state index is 0.314. The second kappa shape index (κ2) is 4.28. The van der Waals surface area contributed by atoms with Crippen LogP contribution in [0.5, 0.6) is 0 Å². The van der Waals surface area contributed by atoms with E-state index in [4.69, 9.17) is 5.26 Å². The van der Waals surface area contributed by atoms with E-state index in [2.05, 4.69) is 36.3 Å². The van der Waals surface area contributed by atoms with Crippen molar-refractivity contribution in [2.45, 2.75) is 0 Å². The highest BCUT2D eigenvalue weighted by Crippen LogP contribution is 2.16. The Balaban J connectivity index is 2.27. The van der Waals surface area contributed by atoms with Crippen molar-refractivity contribution in [3.8, 4) is 6.07 Å². The van der Waals surface area contributed by atoms with Gasteiger partial charge in [-0.2, -0.15) is 10.4 Å². The van der Waals surface area contributed by atoms with Gasteiger partial charge in [0, 0.05) is 25.6 Å². The molecule has 0 saturated carbocycles. The van der Waals surface area contributed by atoms with E-state index >= 15 is 0 Å². The molecule has 0 radical (unpaired) electrons. The maximum atomic E-state index is 8.84. The minimum atomic E-state index is 0.314. The molecule has 0 atom stereocenters. The molecule has 0 aromatic carbocycles. The molecule has 16 heavy (non-hydrogen) atoms. The molecule has 6 nitrogen and oxygen atoms in total. The summed E-state index contributed by atoms with van der Waals surface area (Å²) in [5, 5.41) is 15.7. The zero-order valence-corrected chi connectivity index (χ0v) is 9.93. The Morgan fingerprint density at radius 1 is 1.44 bits per heavy atom. The molecule has 2 aromatic heterocycles. The largest absolute Gasteiger partial charge is 0.320 e. The lowest BCUT2D eigenvalue weighted by atomic mass is 10.4. The van der Waals surface area contributed by atoms with Gasteiger partial charge in [-0.05, 0) is 15.9 Å². The number of aromatic nitrogens is 4. The highest BCUT2D eigenvalue weighted by Gasteiger charge is 2.07. The summed E-state index contributed by atoms with van der Waals surface area (Å²) in [6, 6.07) is 1.99. The van der Waals surface area contributed by atoms with Crippen molar-refractivity contribution in [3.63, 3.8) is 0 Å². The van der Waals surface area contributed by atoms with Gasteiger partial charge in [-0.3, -0.25) is 4.68 Å². The van der Waals surface area contributed by atoms with Crippen LogP contribution in [-0.4, -0.2) is 19.7 Å². The van der Waals surface area contributed by atoms with Crippen LogP contribution in [0, 0.1) is 11.3 Å². The van der Waals surface area contributed by atoms with Crippen molar-refractivity contribution in [2.75, 3.05) is 5.32 Å². The Bertz CT molecular complexity index is 538. The summed E-state index contributed by atoms with van der Waals surface area (Å²) in [6.45, 7) is 0. The van der Waals surface area contributed by atoms with Gasteiger partial charge in [-0.15, -0.1) is 0 Å². The predicted octanol–water partition coefficient (Wildman–Crippen LogP) is 1.59. The first-order valence-corrected chi connectivity index (χ1v) is 5.16. The zero-order valence-electron chi connectivity index (χ0n) is 8.35. The topological polar surface area (TPSA) is 79.4 Å². The van der Waals surface area contributed by atoms with Crippen molar-refractivity contribution >= 4 is 27.6 Å². The standard InChI is InChI=1S/C9H7BrN6/c1-16-5-8(7(2-11)15-16)14-9-12-3-6(10)4-13-9/h3-5H,1H3,(H,12,13,14). The summed E-state index contributed by atoms with van der Waals surface area (Å²) in [5.74, 6) is 0.424. The number of nitrogens with one attached hydrogen (secondary N) is 1. The molecule has 0 saturated heterocycles. The first kappa shape index (κ1) is 10.6. The number of nitrogens with zero attached hydrogens (tertiary/aromatic N) is 5. The number of halogens is 1. The van der Waals surface area contributed by atoms with E-state index in [9.17, 15) is 0 Å². The summed E-state index contributed by atoms with van der Waals surface area (Å²) in [5.41, 5.74) is 0.904. The van der Waals surface area contributed by atoms with Crippen LogP contribution in [0.4, 0.5) is 11.6 Å². The maximum Gasteiger partial charge on any atom is 0.227 e. The number of hydrogen-bond acceptors (Lipinski definition) is 5. The van der Waals surface area contributed by atoms with Crippen molar-refractivity contribution < 1.29 is 0 Å². The molecule has 0 fully saturated rings. The van der Waals surface area contributed by atoms with Gasteiger partial charge in [-0.1, -0.05) is 0 Å². The number of nitriles is 1. The lowest BCUT2D eigenvalue weighted by Crippen LogP contribution is -1.96. The van der Waals surface area contributed by atoms with Crippen molar-refractivity contribution in [1.29, 1.82) is 5.26 Å². The Hall–Kier alpha value is -1.94. The van der Waals surface area contributed by atoms with E-state index in [1.807, 2.05) is 6.07 Å². The van der Waals surface area contributed by atoms with Gasteiger partial charge in [0.1, 0.15) is 6.07 Å². The van der Waals surface area contributed by atoms with Gasteiger partial charge in [-0.25, -0.2) is 9.97 Å². The van der Waals surface area contributed by atoms with Crippen molar-refractivity contribution in [2.24, 2.45) is 7.05 Å². The molecular formula is C9H7BrN6. The fourth-order valence-electron chi connectivity index (χ4n) is 1.16. The van der Waals surface area contributed by atoms with E-state index in [1.54, 1.807) is 30.3 Å². The minimum Gasteiger partial charge on any atom is -0.320 e. The van der Waals surface area contributed by atoms with Crippen molar-refractivity contribution in [1.82, 2.24) is 19.7 Å². The fourth-order valence-corrected chi connectivity index (χ4v) is 1.36. The van der Waals surface area contributed by atoms with Crippen LogP contribution in [0.1, 0.15) is 5.69 Å². The average Bonchev–Trinajstić information content (AvgIpc) is 2.62. The van der Waals surface area contributed by atoms with Crippen LogP contribution < -0.4 is 5.32 Å². The first-order chi connectivity index (χ1) is 7.69. The van der Waals surface area contributed by atoms with Crippen LogP contribution in [0.15, 0.2) is 23.1 Å². The van der Waals surface area contributed by atoms with Crippen LogP contribution in [0.25, 0.3) is 0 Å². The molecule has 0 spiro atoms. The normalized spacial score (nSPS) is 9.81. The smallest absolute Gasteiger partial charge is 0.227 e. The Kier molecular flexibility index (Phi) is 2.83. The van der Waals surface area contributed by atoms with Gasteiger partial charge in [0.2, 0.25) is 5.95 Å². The Labute approximate surface area is 100 Å². The van der Waals surface area contributed by atoms with Gasteiger partial charge in [0.25, 0.3) is 0 Å². The second-order valence-electron chi connectivity index (χ2n) is 3.03. The molecule has 0 bridgehead atoms. The molecule has 0 amide bonds. The van der Waals surface area contributed by atoms with E-state index in [0.29, 0.717) is 17.3 Å². The molecular weight excluding hydrogens is 272 g/mol. The molecule has 1 N–H and O–H groups in total. The monoisotopic (exact) mass is 278 g/mol. The molecule has 2 aromatic rings. The highest BCUT2D eigenvalue weighted by molar-refractivity contribution is 9.10. The van der Waals surface area contributed by atoms with E-state index < -0.39 is 0 Å². The second-order valence-corrected chi connectivity index (χ2v) is 3.94. The lowest BCUT2D eigenvalue weighted by molar-refractivity contribution is 0.763. The summed E-state index contributed by atoms with van der Waals surface area (Å²) in [6.07, 6.45) is 4.94. The summed E-state index contributed by atoms with van der Waals surface area (Å²) in [4.78, 5) is 8.09. The van der Waals surface area contributed by atoms with Gasteiger partial charge in [0.15, 0.2) is 5.69 Å². The summed E-state index contributed by atoms with van der Waals surface area (Å²) in [7, 11) is 1.74. The SMILES string of the molecule is Cn1cc(Nc2ncc(Br)cn2)c(C#N)n1. The third-order valence-corrected chi connectivity index (χ3v) is 2.21. The van der Waals surface area contributed by atoms with Gasteiger partial charge < -0.3 is 5.32 Å². The van der Waals surface area contributed by atoms with E-state index in [-0.39, 0.29) is 0 Å². The quantitative estimate of drug-likeness (QED) is 0.902. The Morgan fingerprint density at radius 2 is 2.12 bits per heavy atom. The van der Waals surface area contributed by atoms with Gasteiger partial charge >= 0.3 is 0 Å². The molecule has 7 heteroatoms. The molecule has 0 unspecified atom stereocenters. The number of anilines is 2. The molecule has 2 rings (SSSR count). The van der Waals surface area contributed by atoms with E-state index in [1.165, 1.54) is 0 Å². The molecule has 0 aliphatic carbocycles. The third kappa shape index (κ3) is 2.17. The molecule has 0 aliphatic rings. The van der Waals surface area contributed by atoms with Crippen LogP contribution >= 0.6 is 15.9 Å². The van der Waals surface area contributed by atoms with Crippen LogP contribution in [-0.2, 0) is 7.05 Å². The number of hydrogen-bond donors (Lipinski definition) is 1. The molecule has 0 aliphatic heterocycles. The van der Waals surface area contributed by atoms with Crippen LogP contribution in [0.3, 0.4) is 0 Å². The average molecular weight is 279 g/mol. The maximum absolute atomic E-state index is 8.84. The van der Waals surface area contributed by atoms with Crippen LogP contribution in [0.2, 0.25) is 0 Å².